The minimum absolute atomic E-state index is 0.0590. The van der Waals surface area contributed by atoms with Gasteiger partial charge in [-0.15, -0.1) is 11.3 Å². The van der Waals surface area contributed by atoms with Crippen molar-refractivity contribution < 1.29 is 9.47 Å². The molecule has 0 radical (unpaired) electrons. The second-order valence-corrected chi connectivity index (χ2v) is 6.25. The summed E-state index contributed by atoms with van der Waals surface area (Å²) in [5.41, 5.74) is 9.00. The molecule has 0 fully saturated rings. The molecule has 1 aliphatic heterocycles. The molecule has 2 heterocycles. The number of thiazole rings is 1. The molecule has 0 aliphatic carbocycles. The Kier molecular flexibility index (Phi) is 3.87. The van der Waals surface area contributed by atoms with Crippen molar-refractivity contribution in [1.82, 2.24) is 4.98 Å². The number of rotatable bonds is 4. The maximum Gasteiger partial charge on any atom is 0.130 e. The van der Waals surface area contributed by atoms with Gasteiger partial charge in [0, 0.05) is 23.4 Å². The van der Waals surface area contributed by atoms with Crippen LogP contribution in [0.2, 0.25) is 0 Å². The van der Waals surface area contributed by atoms with E-state index in [4.69, 9.17) is 15.2 Å². The van der Waals surface area contributed by atoms with Gasteiger partial charge < -0.3 is 15.2 Å². The predicted molar refractivity (Wildman–Crippen MR) is 85.1 cm³/mol. The summed E-state index contributed by atoms with van der Waals surface area (Å²) in [6.07, 6.45) is 1.15. The number of hydrogen-bond donors (Lipinski definition) is 1. The Hall–Kier alpha value is -1.59. The largest absolute Gasteiger partial charge is 0.493 e. The molecule has 0 amide bonds. The second kappa shape index (κ2) is 5.66. The van der Waals surface area contributed by atoms with Crippen LogP contribution in [0.1, 0.15) is 38.1 Å². The minimum atomic E-state index is -0.0590. The average Bonchev–Trinajstić information content (AvgIpc) is 3.03. The van der Waals surface area contributed by atoms with Gasteiger partial charge in [0.2, 0.25) is 0 Å². The summed E-state index contributed by atoms with van der Waals surface area (Å²) in [7, 11) is 0. The molecule has 112 valence electrons. The third-order valence-electron chi connectivity index (χ3n) is 3.52. The molecule has 4 nitrogen and oxygen atoms in total. The van der Waals surface area contributed by atoms with Crippen molar-refractivity contribution in [3.8, 4) is 22.1 Å². The van der Waals surface area contributed by atoms with Crippen LogP contribution < -0.4 is 15.2 Å². The molecule has 5 heteroatoms. The van der Waals surface area contributed by atoms with Crippen LogP contribution in [0.25, 0.3) is 10.6 Å². The molecule has 2 aromatic rings. The van der Waals surface area contributed by atoms with Crippen molar-refractivity contribution in [2.75, 3.05) is 6.61 Å². The first-order valence-corrected chi connectivity index (χ1v) is 8.14. The minimum Gasteiger partial charge on any atom is -0.493 e. The van der Waals surface area contributed by atoms with Crippen molar-refractivity contribution >= 4 is 11.3 Å². The van der Waals surface area contributed by atoms with Gasteiger partial charge in [0.25, 0.3) is 0 Å². The lowest BCUT2D eigenvalue weighted by Crippen LogP contribution is -2.05. The first-order valence-electron chi connectivity index (χ1n) is 7.26. The van der Waals surface area contributed by atoms with Gasteiger partial charge in [-0.25, -0.2) is 4.98 Å². The summed E-state index contributed by atoms with van der Waals surface area (Å²) < 4.78 is 11.7. The molecule has 0 saturated heterocycles. The Labute approximate surface area is 128 Å². The normalized spacial score (nSPS) is 18.2. The molecule has 2 atom stereocenters. The van der Waals surface area contributed by atoms with Crippen molar-refractivity contribution in [3.05, 3.63) is 28.8 Å². The highest BCUT2D eigenvalue weighted by molar-refractivity contribution is 7.13. The second-order valence-electron chi connectivity index (χ2n) is 5.39. The van der Waals surface area contributed by atoms with Crippen molar-refractivity contribution in [1.29, 1.82) is 0 Å². The summed E-state index contributed by atoms with van der Waals surface area (Å²) >= 11 is 1.59. The molecule has 0 bridgehead atoms. The number of aromatic nitrogens is 1. The highest BCUT2D eigenvalue weighted by atomic mass is 32.1. The lowest BCUT2D eigenvalue weighted by atomic mass is 10.1. The monoisotopic (exact) mass is 304 g/mol. The Morgan fingerprint density at radius 3 is 3.00 bits per heavy atom. The maximum atomic E-state index is 5.90. The van der Waals surface area contributed by atoms with Crippen LogP contribution in [0.3, 0.4) is 0 Å². The number of nitrogens with zero attached hydrogens (tertiary/aromatic N) is 1. The number of benzene rings is 1. The molecule has 2 unspecified atom stereocenters. The summed E-state index contributed by atoms with van der Waals surface area (Å²) in [6.45, 7) is 6.65. The topological polar surface area (TPSA) is 57.4 Å². The molecule has 1 aromatic heterocycles. The fourth-order valence-corrected chi connectivity index (χ4v) is 3.44. The standard InChI is InChI=1S/C16H20N2O2S/c1-4-19-15-6-11-5-9(2)20-14(11)7-12(15)16-18-13(8-21-16)10(3)17/h6-10H,4-5,17H2,1-3H3. The van der Waals surface area contributed by atoms with Gasteiger partial charge in [0.15, 0.2) is 0 Å². The van der Waals surface area contributed by atoms with E-state index in [0.29, 0.717) is 6.61 Å². The van der Waals surface area contributed by atoms with E-state index in [1.807, 2.05) is 25.3 Å². The molecule has 0 saturated carbocycles. The number of fused-ring (bicyclic) bond motifs is 1. The summed E-state index contributed by atoms with van der Waals surface area (Å²) in [6, 6.07) is 4.08. The first kappa shape index (κ1) is 14.4. The Morgan fingerprint density at radius 1 is 1.52 bits per heavy atom. The maximum absolute atomic E-state index is 5.90. The van der Waals surface area contributed by atoms with E-state index in [1.165, 1.54) is 5.56 Å². The SMILES string of the molecule is CCOc1cc2c(cc1-c1nc(C(C)N)cs1)OC(C)C2. The average molecular weight is 304 g/mol. The molecule has 3 rings (SSSR count). The summed E-state index contributed by atoms with van der Waals surface area (Å²) in [4.78, 5) is 4.63. The highest BCUT2D eigenvalue weighted by Gasteiger charge is 2.23. The van der Waals surface area contributed by atoms with E-state index < -0.39 is 0 Å². The molecule has 21 heavy (non-hydrogen) atoms. The molecule has 2 N–H and O–H groups in total. The Balaban J connectivity index is 2.05. The fourth-order valence-electron chi connectivity index (χ4n) is 2.50. The first-order chi connectivity index (χ1) is 10.1. The van der Waals surface area contributed by atoms with Gasteiger partial charge >= 0.3 is 0 Å². The zero-order valence-corrected chi connectivity index (χ0v) is 13.4. The van der Waals surface area contributed by atoms with Crippen LogP contribution in [0.15, 0.2) is 17.5 Å². The van der Waals surface area contributed by atoms with Crippen LogP contribution in [0.4, 0.5) is 0 Å². The smallest absolute Gasteiger partial charge is 0.130 e. The molecule has 0 spiro atoms. The van der Waals surface area contributed by atoms with Gasteiger partial charge in [-0.1, -0.05) is 0 Å². The highest BCUT2D eigenvalue weighted by Crippen LogP contribution is 2.41. The van der Waals surface area contributed by atoms with Crippen molar-refractivity contribution in [2.24, 2.45) is 5.73 Å². The third kappa shape index (κ3) is 2.76. The lowest BCUT2D eigenvalue weighted by Gasteiger charge is -2.11. The summed E-state index contributed by atoms with van der Waals surface area (Å²) in [5, 5.41) is 2.93. The van der Waals surface area contributed by atoms with E-state index in [2.05, 4.69) is 18.0 Å². The lowest BCUT2D eigenvalue weighted by molar-refractivity contribution is 0.254. The third-order valence-corrected chi connectivity index (χ3v) is 4.41. The zero-order chi connectivity index (χ0) is 15.0. The van der Waals surface area contributed by atoms with Crippen LogP contribution in [0.5, 0.6) is 11.5 Å². The van der Waals surface area contributed by atoms with Gasteiger partial charge in [0.1, 0.15) is 22.6 Å². The zero-order valence-electron chi connectivity index (χ0n) is 12.6. The number of hydrogen-bond acceptors (Lipinski definition) is 5. The van der Waals surface area contributed by atoms with E-state index in [9.17, 15) is 0 Å². The quantitative estimate of drug-likeness (QED) is 0.938. The van der Waals surface area contributed by atoms with Gasteiger partial charge in [-0.05, 0) is 32.9 Å². The van der Waals surface area contributed by atoms with Crippen LogP contribution in [0, 0.1) is 0 Å². The van der Waals surface area contributed by atoms with Crippen LogP contribution in [-0.4, -0.2) is 17.7 Å². The number of nitrogens with two attached hydrogens (primary N) is 1. The van der Waals surface area contributed by atoms with E-state index in [-0.39, 0.29) is 12.1 Å². The van der Waals surface area contributed by atoms with Crippen LogP contribution >= 0.6 is 11.3 Å². The Bertz CT molecular complexity index is 652. The molecular weight excluding hydrogens is 284 g/mol. The van der Waals surface area contributed by atoms with Gasteiger partial charge in [-0.2, -0.15) is 0 Å². The predicted octanol–water partition coefficient (Wildman–Crippen LogP) is 3.55. The summed E-state index contributed by atoms with van der Waals surface area (Å²) in [5.74, 6) is 1.82. The van der Waals surface area contributed by atoms with Gasteiger partial charge in [0.05, 0.1) is 17.9 Å². The van der Waals surface area contributed by atoms with Crippen molar-refractivity contribution in [2.45, 2.75) is 39.3 Å². The molecule has 1 aliphatic rings. The van der Waals surface area contributed by atoms with E-state index in [0.717, 1.165) is 34.2 Å². The van der Waals surface area contributed by atoms with Gasteiger partial charge in [-0.3, -0.25) is 0 Å². The number of ether oxygens (including phenoxy) is 2. The molecule has 1 aromatic carbocycles. The van der Waals surface area contributed by atoms with Crippen LogP contribution in [-0.2, 0) is 6.42 Å². The van der Waals surface area contributed by atoms with Crippen molar-refractivity contribution in [3.63, 3.8) is 0 Å². The molecular formula is C16H20N2O2S. The Morgan fingerprint density at radius 2 is 2.33 bits per heavy atom. The van der Waals surface area contributed by atoms with E-state index >= 15 is 0 Å². The van der Waals surface area contributed by atoms with E-state index in [1.54, 1.807) is 11.3 Å². The fraction of sp³-hybridized carbons (Fsp3) is 0.438.